The smallest absolute Gasteiger partial charge is 0.187 e. The van der Waals surface area contributed by atoms with E-state index in [2.05, 4.69) is 16.4 Å². The Morgan fingerprint density at radius 2 is 2.07 bits per heavy atom. The average Bonchev–Trinajstić information content (AvgIpc) is 3.28. The van der Waals surface area contributed by atoms with Gasteiger partial charge in [0.05, 0.1) is 32.2 Å². The van der Waals surface area contributed by atoms with Crippen LogP contribution in [0.5, 0.6) is 0 Å². The number of nitrogens with two attached hydrogens (primary N) is 1. The van der Waals surface area contributed by atoms with Crippen molar-refractivity contribution >= 4 is 74.4 Å². The number of thioether (sulfide) groups is 1. The number of pyridine rings is 1. The van der Waals surface area contributed by atoms with E-state index >= 15 is 0 Å². The van der Waals surface area contributed by atoms with E-state index in [4.69, 9.17) is 16.1 Å². The molecular formula is C18H16ClN5S3. The average molecular weight is 434 g/mol. The minimum absolute atomic E-state index is 0. The number of thiazole rings is 1. The highest BCUT2D eigenvalue weighted by Gasteiger charge is 2.15. The number of benzene rings is 1. The summed E-state index contributed by atoms with van der Waals surface area (Å²) in [5.41, 5.74) is 9.42. The van der Waals surface area contributed by atoms with Crippen LogP contribution < -0.4 is 11.1 Å². The van der Waals surface area contributed by atoms with Crippen LogP contribution in [0.3, 0.4) is 0 Å². The summed E-state index contributed by atoms with van der Waals surface area (Å²) in [6.45, 7) is 0. The van der Waals surface area contributed by atoms with Gasteiger partial charge in [-0.2, -0.15) is 0 Å². The molecule has 0 bridgehead atoms. The van der Waals surface area contributed by atoms with Crippen molar-refractivity contribution in [3.63, 3.8) is 0 Å². The number of para-hydroxylation sites is 1. The summed E-state index contributed by atoms with van der Waals surface area (Å²) in [7, 11) is 0. The van der Waals surface area contributed by atoms with Crippen molar-refractivity contribution in [1.82, 2.24) is 9.97 Å². The molecule has 0 aliphatic rings. The minimum Gasteiger partial charge on any atom is -0.383 e. The molecule has 3 aromatic heterocycles. The summed E-state index contributed by atoms with van der Waals surface area (Å²) < 4.78 is 1.11. The molecule has 0 unspecified atom stereocenters. The Morgan fingerprint density at radius 1 is 1.26 bits per heavy atom. The molecule has 0 radical (unpaired) electrons. The number of thiophene rings is 1. The first-order chi connectivity index (χ1) is 12.6. The summed E-state index contributed by atoms with van der Waals surface area (Å²) in [5.74, 6) is 0.0902. The van der Waals surface area contributed by atoms with Crippen molar-refractivity contribution < 1.29 is 0 Å². The van der Waals surface area contributed by atoms with Gasteiger partial charge in [-0.15, -0.1) is 46.8 Å². The Hall–Kier alpha value is -2.13. The number of nitrogens with zero attached hydrogens (tertiary/aromatic N) is 2. The number of nitrogens with one attached hydrogen (secondary N) is 2. The Bertz CT molecular complexity index is 1110. The van der Waals surface area contributed by atoms with Gasteiger partial charge < -0.3 is 11.1 Å². The molecule has 0 saturated carbocycles. The number of hydrogen-bond acceptors (Lipinski definition) is 7. The van der Waals surface area contributed by atoms with E-state index in [0.29, 0.717) is 0 Å². The van der Waals surface area contributed by atoms with Crippen LogP contribution in [0.4, 0.5) is 10.8 Å². The summed E-state index contributed by atoms with van der Waals surface area (Å²) in [6, 6.07) is 12.0. The highest BCUT2D eigenvalue weighted by molar-refractivity contribution is 8.00. The second kappa shape index (κ2) is 8.26. The van der Waals surface area contributed by atoms with Crippen LogP contribution in [0, 0.1) is 5.41 Å². The quantitative estimate of drug-likeness (QED) is 0.217. The molecule has 27 heavy (non-hydrogen) atoms. The van der Waals surface area contributed by atoms with Gasteiger partial charge in [0.25, 0.3) is 0 Å². The zero-order chi connectivity index (χ0) is 18.1. The number of halogens is 1. The second-order valence-electron chi connectivity index (χ2n) is 5.51. The van der Waals surface area contributed by atoms with Crippen molar-refractivity contribution in [1.29, 1.82) is 5.41 Å². The molecule has 5 nitrogen and oxygen atoms in total. The van der Waals surface area contributed by atoms with Crippen LogP contribution in [0.2, 0.25) is 0 Å². The van der Waals surface area contributed by atoms with E-state index < -0.39 is 0 Å². The number of nitrogen functional groups attached to an aromatic ring is 1. The summed E-state index contributed by atoms with van der Waals surface area (Å²) in [6.07, 6.45) is 3.83. The van der Waals surface area contributed by atoms with Crippen LogP contribution in [0.25, 0.3) is 22.2 Å². The Labute approximate surface area is 175 Å². The molecule has 9 heteroatoms. The van der Waals surface area contributed by atoms with Gasteiger partial charge in [0.15, 0.2) is 5.13 Å². The van der Waals surface area contributed by atoms with Gasteiger partial charge in [-0.25, -0.2) is 4.98 Å². The fourth-order valence-electron chi connectivity index (χ4n) is 2.55. The van der Waals surface area contributed by atoms with Crippen LogP contribution in [0.15, 0.2) is 52.2 Å². The van der Waals surface area contributed by atoms with E-state index in [1.807, 2.05) is 48.2 Å². The van der Waals surface area contributed by atoms with Crippen molar-refractivity contribution in [2.45, 2.75) is 4.21 Å². The summed E-state index contributed by atoms with van der Waals surface area (Å²) in [5, 5.41) is 14.9. The number of fused-ring (bicyclic) bond motifs is 1. The minimum atomic E-state index is 0. The Balaban J connectivity index is 0.00000210. The lowest BCUT2D eigenvalue weighted by atomic mass is 10.2. The first-order valence-electron chi connectivity index (χ1n) is 7.74. The highest BCUT2D eigenvalue weighted by atomic mass is 35.5. The van der Waals surface area contributed by atoms with Crippen LogP contribution in [-0.4, -0.2) is 22.1 Å². The van der Waals surface area contributed by atoms with E-state index in [9.17, 15) is 0 Å². The van der Waals surface area contributed by atoms with E-state index in [-0.39, 0.29) is 18.2 Å². The maximum atomic E-state index is 7.64. The zero-order valence-corrected chi connectivity index (χ0v) is 17.5. The predicted molar refractivity (Wildman–Crippen MR) is 120 cm³/mol. The van der Waals surface area contributed by atoms with Crippen molar-refractivity contribution in [3.8, 4) is 11.3 Å². The number of aromatic nitrogens is 2. The van der Waals surface area contributed by atoms with Gasteiger partial charge in [-0.1, -0.05) is 18.2 Å². The van der Waals surface area contributed by atoms with E-state index in [1.165, 1.54) is 11.3 Å². The Kier molecular flexibility index (Phi) is 6.01. The van der Waals surface area contributed by atoms with Gasteiger partial charge in [-0.3, -0.25) is 10.4 Å². The van der Waals surface area contributed by atoms with Crippen LogP contribution in [-0.2, 0) is 0 Å². The number of anilines is 2. The molecule has 4 rings (SSSR count). The van der Waals surface area contributed by atoms with Gasteiger partial charge in [0, 0.05) is 16.3 Å². The van der Waals surface area contributed by atoms with Gasteiger partial charge in [-0.05, 0) is 24.5 Å². The SMILES string of the molecule is CSc1sc(C(=N)N)cc1-c1csc(Nc2cnc3ccccc3c2)n1.Cl. The molecule has 138 valence electrons. The molecule has 4 aromatic rings. The third kappa shape index (κ3) is 4.08. The molecule has 0 saturated heterocycles. The molecular weight excluding hydrogens is 418 g/mol. The summed E-state index contributed by atoms with van der Waals surface area (Å²) >= 11 is 4.71. The zero-order valence-electron chi connectivity index (χ0n) is 14.2. The monoisotopic (exact) mass is 433 g/mol. The molecule has 0 fully saturated rings. The number of amidine groups is 1. The summed E-state index contributed by atoms with van der Waals surface area (Å²) in [4.78, 5) is 9.94. The lowest BCUT2D eigenvalue weighted by molar-refractivity contribution is 1.35. The first-order valence-corrected chi connectivity index (χ1v) is 10.7. The van der Waals surface area contributed by atoms with E-state index in [1.54, 1.807) is 23.1 Å². The predicted octanol–water partition coefficient (Wildman–Crippen LogP) is 5.59. The molecule has 3 heterocycles. The largest absolute Gasteiger partial charge is 0.383 e. The second-order valence-corrected chi connectivity index (χ2v) is 8.49. The molecule has 4 N–H and O–H groups in total. The molecule has 0 atom stereocenters. The normalized spacial score (nSPS) is 10.6. The molecule has 0 aliphatic carbocycles. The fourth-order valence-corrected chi connectivity index (χ4v) is 5.03. The lowest BCUT2D eigenvalue weighted by Crippen LogP contribution is -2.08. The van der Waals surface area contributed by atoms with Gasteiger partial charge >= 0.3 is 0 Å². The first kappa shape index (κ1) is 19.6. The molecule has 0 spiro atoms. The maximum absolute atomic E-state index is 7.64. The third-order valence-corrected chi connectivity index (χ3v) is 6.83. The molecule has 1 aromatic carbocycles. The molecule has 0 aliphatic heterocycles. The van der Waals surface area contributed by atoms with Crippen LogP contribution >= 0.6 is 46.8 Å². The van der Waals surface area contributed by atoms with Crippen molar-refractivity contribution in [2.24, 2.45) is 5.73 Å². The van der Waals surface area contributed by atoms with Gasteiger partial charge in [0.2, 0.25) is 0 Å². The van der Waals surface area contributed by atoms with Crippen molar-refractivity contribution in [3.05, 3.63) is 52.9 Å². The lowest BCUT2D eigenvalue weighted by Gasteiger charge is -2.03. The van der Waals surface area contributed by atoms with Crippen molar-refractivity contribution in [2.75, 3.05) is 11.6 Å². The maximum Gasteiger partial charge on any atom is 0.187 e. The third-order valence-electron chi connectivity index (χ3n) is 3.77. The fraction of sp³-hybridized carbons (Fsp3) is 0.0556. The topological polar surface area (TPSA) is 87.7 Å². The van der Waals surface area contributed by atoms with Gasteiger partial charge in [0.1, 0.15) is 5.84 Å². The number of rotatable bonds is 5. The Morgan fingerprint density at radius 3 is 2.85 bits per heavy atom. The van der Waals surface area contributed by atoms with E-state index in [0.717, 1.165) is 42.1 Å². The standard InChI is InChI=1S/C18H15N5S3.ClH/c1-24-17-12(7-15(26-17)16(19)20)14-9-25-18(23-14)22-11-6-10-4-2-3-5-13(10)21-8-11;/h2-9H,1H3,(H3,19,20)(H,22,23);1H. The highest BCUT2D eigenvalue weighted by Crippen LogP contribution is 2.39. The molecule has 0 amide bonds. The van der Waals surface area contributed by atoms with Crippen LogP contribution in [0.1, 0.15) is 4.88 Å². The number of hydrogen-bond donors (Lipinski definition) is 3.